The lowest BCUT2D eigenvalue weighted by molar-refractivity contribution is 0.494. The molecule has 62 valence electrons. The molecule has 0 amide bonds. The van der Waals surface area contributed by atoms with Gasteiger partial charge in [-0.05, 0) is 15.9 Å². The van der Waals surface area contributed by atoms with Crippen LogP contribution in [-0.4, -0.2) is 4.98 Å². The van der Waals surface area contributed by atoms with Crippen LogP contribution in [0, 0.1) is 0 Å². The van der Waals surface area contributed by atoms with Gasteiger partial charge in [-0.3, -0.25) is 0 Å². The van der Waals surface area contributed by atoms with Gasteiger partial charge in [0.25, 0.3) is 4.80 Å². The van der Waals surface area contributed by atoms with E-state index in [1.165, 1.54) is 0 Å². The lowest BCUT2D eigenvalue weighted by Crippen LogP contribution is -2.12. The third-order valence-electron chi connectivity index (χ3n) is 1.27. The number of hydrogen-bond donors (Lipinski definition) is 0. The van der Waals surface area contributed by atoms with E-state index in [0.29, 0.717) is 9.47 Å². The van der Waals surface area contributed by atoms with E-state index in [1.807, 2.05) is 0 Å². The van der Waals surface area contributed by atoms with Gasteiger partial charge >= 0.3 is 0 Å². The van der Waals surface area contributed by atoms with Crippen LogP contribution in [0.25, 0.3) is 0 Å². The monoisotopic (exact) mass is 281 g/mol. The molecule has 0 fully saturated rings. The molecule has 1 heterocycles. The van der Waals surface area contributed by atoms with E-state index in [4.69, 9.17) is 4.42 Å². The molecule has 0 aliphatic rings. The van der Waals surface area contributed by atoms with Gasteiger partial charge in [0.05, 0.1) is 0 Å². The third kappa shape index (κ3) is 2.06. The molecule has 0 aliphatic heterocycles. The normalized spacial score (nSPS) is 12.1. The first-order chi connectivity index (χ1) is 4.91. The van der Waals surface area contributed by atoms with Crippen LogP contribution in [-0.2, 0) is 5.41 Å². The predicted molar refractivity (Wildman–Crippen MR) is 50.6 cm³/mol. The Morgan fingerprint density at radius 2 is 1.82 bits per heavy atom. The van der Waals surface area contributed by atoms with Gasteiger partial charge in [-0.2, -0.15) is 0 Å². The van der Waals surface area contributed by atoms with Crippen LogP contribution in [0.2, 0.25) is 0 Å². The SMILES string of the molecule is CC(C)(C)c1nc(Br)oc1Br. The molecule has 0 radical (unpaired) electrons. The number of rotatable bonds is 0. The Labute approximate surface area is 82.6 Å². The zero-order valence-corrected chi connectivity index (χ0v) is 9.78. The van der Waals surface area contributed by atoms with Gasteiger partial charge in [-0.1, -0.05) is 20.8 Å². The van der Waals surface area contributed by atoms with E-state index in [2.05, 4.69) is 57.6 Å². The maximum Gasteiger partial charge on any atom is 0.265 e. The molecular formula is C7H9Br2NO. The van der Waals surface area contributed by atoms with Crippen LogP contribution in [0.3, 0.4) is 0 Å². The van der Waals surface area contributed by atoms with Gasteiger partial charge in [-0.25, -0.2) is 4.98 Å². The van der Waals surface area contributed by atoms with Crippen LogP contribution >= 0.6 is 31.9 Å². The highest BCUT2D eigenvalue weighted by Crippen LogP contribution is 2.31. The first-order valence-corrected chi connectivity index (χ1v) is 4.82. The zero-order valence-electron chi connectivity index (χ0n) is 6.61. The van der Waals surface area contributed by atoms with Crippen molar-refractivity contribution in [2.75, 3.05) is 0 Å². The fraction of sp³-hybridized carbons (Fsp3) is 0.571. The topological polar surface area (TPSA) is 26.0 Å². The second-order valence-corrected chi connectivity index (χ2v) is 4.74. The summed E-state index contributed by atoms with van der Waals surface area (Å²) in [5.41, 5.74) is 0.957. The molecule has 1 aromatic rings. The molecule has 0 N–H and O–H groups in total. The van der Waals surface area contributed by atoms with E-state index >= 15 is 0 Å². The van der Waals surface area contributed by atoms with Gasteiger partial charge in [0.2, 0.25) is 0 Å². The minimum atomic E-state index is 0.0222. The van der Waals surface area contributed by atoms with Gasteiger partial charge in [0, 0.05) is 21.3 Å². The molecule has 2 nitrogen and oxygen atoms in total. The molecule has 0 aromatic carbocycles. The Morgan fingerprint density at radius 3 is 2.00 bits per heavy atom. The van der Waals surface area contributed by atoms with Crippen molar-refractivity contribution in [3.05, 3.63) is 15.2 Å². The van der Waals surface area contributed by atoms with Crippen molar-refractivity contribution in [1.29, 1.82) is 0 Å². The summed E-state index contributed by atoms with van der Waals surface area (Å²) in [5.74, 6) is 0. The first-order valence-electron chi connectivity index (χ1n) is 3.23. The van der Waals surface area contributed by atoms with Crippen molar-refractivity contribution >= 4 is 31.9 Å². The maximum atomic E-state index is 5.16. The largest absolute Gasteiger partial charge is 0.424 e. The Morgan fingerprint density at radius 1 is 1.27 bits per heavy atom. The van der Waals surface area contributed by atoms with Gasteiger partial charge < -0.3 is 4.42 Å². The van der Waals surface area contributed by atoms with Gasteiger partial charge in [0.15, 0.2) is 4.67 Å². The van der Waals surface area contributed by atoms with Crippen LogP contribution in [0.1, 0.15) is 26.5 Å². The van der Waals surface area contributed by atoms with E-state index in [9.17, 15) is 0 Å². The summed E-state index contributed by atoms with van der Waals surface area (Å²) in [7, 11) is 0. The van der Waals surface area contributed by atoms with Crippen LogP contribution in [0.5, 0.6) is 0 Å². The average molecular weight is 283 g/mol. The molecular weight excluding hydrogens is 274 g/mol. The summed E-state index contributed by atoms with van der Waals surface area (Å²) in [6.45, 7) is 6.26. The minimum absolute atomic E-state index is 0.0222. The minimum Gasteiger partial charge on any atom is -0.424 e. The summed E-state index contributed by atoms with van der Waals surface area (Å²) >= 11 is 6.46. The molecule has 0 unspecified atom stereocenters. The van der Waals surface area contributed by atoms with Crippen molar-refractivity contribution in [3.8, 4) is 0 Å². The van der Waals surface area contributed by atoms with Crippen molar-refractivity contribution in [3.63, 3.8) is 0 Å². The fourth-order valence-corrected chi connectivity index (χ4v) is 2.13. The van der Waals surface area contributed by atoms with Crippen molar-refractivity contribution in [2.24, 2.45) is 0 Å². The molecule has 0 atom stereocenters. The Hall–Kier alpha value is 0.170. The molecule has 0 saturated carbocycles. The summed E-state index contributed by atoms with van der Waals surface area (Å²) in [5, 5.41) is 0. The summed E-state index contributed by atoms with van der Waals surface area (Å²) < 4.78 is 5.87. The number of aromatic nitrogens is 1. The average Bonchev–Trinajstić information content (AvgIpc) is 2.08. The van der Waals surface area contributed by atoms with Crippen LogP contribution in [0.4, 0.5) is 0 Å². The van der Waals surface area contributed by atoms with Crippen molar-refractivity contribution in [2.45, 2.75) is 26.2 Å². The second kappa shape index (κ2) is 2.90. The summed E-state index contributed by atoms with van der Waals surface area (Å²) in [6.07, 6.45) is 0. The van der Waals surface area contributed by atoms with Crippen LogP contribution < -0.4 is 0 Å². The van der Waals surface area contributed by atoms with Gasteiger partial charge in [0.1, 0.15) is 5.69 Å². The molecule has 0 spiro atoms. The lowest BCUT2D eigenvalue weighted by Gasteiger charge is -2.13. The zero-order chi connectivity index (χ0) is 8.65. The highest BCUT2D eigenvalue weighted by molar-refractivity contribution is 9.11. The standard InChI is InChI=1S/C7H9Br2NO/c1-7(2,3)4-5(8)11-6(9)10-4/h1-3H3. The first kappa shape index (κ1) is 9.26. The highest BCUT2D eigenvalue weighted by Gasteiger charge is 2.22. The maximum absolute atomic E-state index is 5.16. The highest BCUT2D eigenvalue weighted by atomic mass is 79.9. The second-order valence-electron chi connectivity index (χ2n) is 3.34. The molecule has 1 rings (SSSR count). The van der Waals surface area contributed by atoms with E-state index < -0.39 is 0 Å². The quantitative estimate of drug-likeness (QED) is 0.728. The van der Waals surface area contributed by atoms with Crippen molar-refractivity contribution < 1.29 is 4.42 Å². The number of hydrogen-bond acceptors (Lipinski definition) is 2. The third-order valence-corrected chi connectivity index (χ3v) is 2.15. The van der Waals surface area contributed by atoms with Gasteiger partial charge in [-0.15, -0.1) is 0 Å². The van der Waals surface area contributed by atoms with E-state index in [-0.39, 0.29) is 5.41 Å². The molecule has 1 aromatic heterocycles. The Kier molecular flexibility index (Phi) is 2.44. The smallest absolute Gasteiger partial charge is 0.265 e. The molecule has 11 heavy (non-hydrogen) atoms. The van der Waals surface area contributed by atoms with E-state index in [1.54, 1.807) is 0 Å². The van der Waals surface area contributed by atoms with Crippen molar-refractivity contribution in [1.82, 2.24) is 4.98 Å². The summed E-state index contributed by atoms with van der Waals surface area (Å²) in [6, 6.07) is 0. The van der Waals surface area contributed by atoms with E-state index in [0.717, 1.165) is 5.69 Å². The number of nitrogens with zero attached hydrogens (tertiary/aromatic N) is 1. The van der Waals surface area contributed by atoms with Crippen LogP contribution in [0.15, 0.2) is 13.9 Å². The predicted octanol–water partition coefficient (Wildman–Crippen LogP) is 3.50. The molecule has 0 saturated heterocycles. The summed E-state index contributed by atoms with van der Waals surface area (Å²) in [4.78, 5) is 4.71. The molecule has 4 heteroatoms. The fourth-order valence-electron chi connectivity index (χ4n) is 0.739. The number of oxazole rings is 1. The Bertz CT molecular complexity index is 262. The Balaban J connectivity index is 3.13. The lowest BCUT2D eigenvalue weighted by atomic mass is 9.93. The molecule has 0 aliphatic carbocycles. The number of halogens is 2. The molecule has 0 bridgehead atoms.